The molecule has 0 fully saturated rings. The summed E-state index contributed by atoms with van der Waals surface area (Å²) in [7, 11) is 0. The van der Waals surface area contributed by atoms with Crippen molar-refractivity contribution in [2.75, 3.05) is 12.8 Å². The molecule has 1 amide bonds. The molecular formula is C22H26N4O2S. The highest BCUT2D eigenvalue weighted by molar-refractivity contribution is 7.98. The molecule has 6 nitrogen and oxygen atoms in total. The van der Waals surface area contributed by atoms with Crippen molar-refractivity contribution >= 4 is 17.7 Å². The van der Waals surface area contributed by atoms with Gasteiger partial charge in [-0.15, -0.1) is 0 Å². The molecule has 0 radical (unpaired) electrons. The Bertz CT molecular complexity index is 960. The zero-order valence-corrected chi connectivity index (χ0v) is 18.1. The molecule has 0 unspecified atom stereocenters. The first-order valence-electron chi connectivity index (χ1n) is 9.62. The maximum absolute atomic E-state index is 12.2. The van der Waals surface area contributed by atoms with Crippen molar-refractivity contribution in [1.29, 1.82) is 0 Å². The molecule has 29 heavy (non-hydrogen) atoms. The van der Waals surface area contributed by atoms with E-state index in [4.69, 9.17) is 4.42 Å². The number of rotatable bonds is 8. The van der Waals surface area contributed by atoms with Crippen molar-refractivity contribution in [2.24, 2.45) is 0 Å². The number of nitrogens with zero attached hydrogens (tertiary/aromatic N) is 3. The van der Waals surface area contributed by atoms with E-state index in [0.29, 0.717) is 31.7 Å². The van der Waals surface area contributed by atoms with E-state index < -0.39 is 0 Å². The van der Waals surface area contributed by atoms with Gasteiger partial charge in [-0.2, -0.15) is 0 Å². The Kier molecular flexibility index (Phi) is 7.04. The van der Waals surface area contributed by atoms with Crippen LogP contribution in [-0.2, 0) is 17.6 Å². The maximum Gasteiger partial charge on any atom is 0.226 e. The Morgan fingerprint density at radius 2 is 1.72 bits per heavy atom. The van der Waals surface area contributed by atoms with Gasteiger partial charge in [0.15, 0.2) is 5.16 Å². The average molecular weight is 411 g/mol. The summed E-state index contributed by atoms with van der Waals surface area (Å²) in [6.45, 7) is 6.51. The van der Waals surface area contributed by atoms with Crippen LogP contribution in [0.2, 0.25) is 0 Å². The van der Waals surface area contributed by atoms with Gasteiger partial charge in [-0.3, -0.25) is 4.79 Å². The SMILES string of the molecule is CSc1nc(C)c(CCC(=O)NCCc2coc(-c3ccc(C)cc3)n2)c(C)n1. The molecule has 0 aliphatic heterocycles. The topological polar surface area (TPSA) is 80.9 Å². The van der Waals surface area contributed by atoms with Crippen LogP contribution in [0.5, 0.6) is 0 Å². The number of carbonyl (C=O) groups excluding carboxylic acids is 1. The summed E-state index contributed by atoms with van der Waals surface area (Å²) in [6.07, 6.45) is 5.29. The molecule has 3 aromatic rings. The second-order valence-electron chi connectivity index (χ2n) is 6.97. The molecule has 2 aromatic heterocycles. The van der Waals surface area contributed by atoms with Gasteiger partial charge in [0.2, 0.25) is 11.8 Å². The number of hydrogen-bond donors (Lipinski definition) is 1. The third kappa shape index (κ3) is 5.67. The summed E-state index contributed by atoms with van der Waals surface area (Å²) in [4.78, 5) is 25.6. The molecule has 0 atom stereocenters. The standard InChI is InChI=1S/C22H26N4O2S/c1-14-5-7-17(8-6-14)21-26-18(13-28-21)11-12-23-20(27)10-9-19-15(2)24-22(29-4)25-16(19)3/h5-8,13H,9-12H2,1-4H3,(H,23,27). The zero-order chi connectivity index (χ0) is 20.8. The molecule has 0 aliphatic rings. The fraction of sp³-hybridized carbons (Fsp3) is 0.364. The lowest BCUT2D eigenvalue weighted by molar-refractivity contribution is -0.121. The Balaban J connectivity index is 1.46. The Labute approximate surface area is 175 Å². The van der Waals surface area contributed by atoms with Gasteiger partial charge in [0, 0.05) is 36.3 Å². The van der Waals surface area contributed by atoms with Crippen LogP contribution in [0.3, 0.4) is 0 Å². The van der Waals surface area contributed by atoms with E-state index in [2.05, 4.69) is 20.3 Å². The van der Waals surface area contributed by atoms with E-state index in [0.717, 1.165) is 33.4 Å². The smallest absolute Gasteiger partial charge is 0.226 e. The monoisotopic (exact) mass is 410 g/mol. The highest BCUT2D eigenvalue weighted by atomic mass is 32.2. The number of amides is 1. The third-order valence-corrected chi connectivity index (χ3v) is 5.29. The van der Waals surface area contributed by atoms with E-state index in [-0.39, 0.29) is 5.91 Å². The maximum atomic E-state index is 12.2. The zero-order valence-electron chi connectivity index (χ0n) is 17.3. The minimum Gasteiger partial charge on any atom is -0.444 e. The van der Waals surface area contributed by atoms with Gasteiger partial charge >= 0.3 is 0 Å². The van der Waals surface area contributed by atoms with E-state index in [1.54, 1.807) is 6.26 Å². The molecule has 0 spiro atoms. The predicted molar refractivity (Wildman–Crippen MR) is 115 cm³/mol. The van der Waals surface area contributed by atoms with Crippen LogP contribution < -0.4 is 5.32 Å². The van der Waals surface area contributed by atoms with E-state index in [1.807, 2.05) is 51.3 Å². The van der Waals surface area contributed by atoms with E-state index >= 15 is 0 Å². The normalized spacial score (nSPS) is 10.9. The second kappa shape index (κ2) is 9.69. The predicted octanol–water partition coefficient (Wildman–Crippen LogP) is 4.07. The number of benzene rings is 1. The first-order chi connectivity index (χ1) is 14.0. The number of aryl methyl sites for hydroxylation is 3. The summed E-state index contributed by atoms with van der Waals surface area (Å²) in [5, 5.41) is 3.72. The fourth-order valence-electron chi connectivity index (χ4n) is 3.07. The van der Waals surface area contributed by atoms with Gasteiger partial charge in [-0.1, -0.05) is 29.5 Å². The van der Waals surface area contributed by atoms with Crippen molar-refractivity contribution < 1.29 is 9.21 Å². The molecular weight excluding hydrogens is 384 g/mol. The van der Waals surface area contributed by atoms with Crippen molar-refractivity contribution in [3.63, 3.8) is 0 Å². The van der Waals surface area contributed by atoms with E-state index in [1.165, 1.54) is 17.3 Å². The molecule has 1 N–H and O–H groups in total. The first kappa shape index (κ1) is 21.0. The van der Waals surface area contributed by atoms with Crippen molar-refractivity contribution in [3.05, 3.63) is 58.7 Å². The van der Waals surface area contributed by atoms with Crippen LogP contribution >= 0.6 is 11.8 Å². The number of hydrogen-bond acceptors (Lipinski definition) is 6. The van der Waals surface area contributed by atoms with Gasteiger partial charge < -0.3 is 9.73 Å². The average Bonchev–Trinajstić information content (AvgIpc) is 3.16. The summed E-state index contributed by atoms with van der Waals surface area (Å²) < 4.78 is 5.56. The van der Waals surface area contributed by atoms with Crippen LogP contribution in [-0.4, -0.2) is 33.7 Å². The third-order valence-electron chi connectivity index (χ3n) is 4.74. The minimum absolute atomic E-state index is 0.0139. The Morgan fingerprint density at radius 3 is 2.38 bits per heavy atom. The summed E-state index contributed by atoms with van der Waals surface area (Å²) in [5.41, 5.74) is 5.92. The molecule has 3 rings (SSSR count). The summed E-state index contributed by atoms with van der Waals surface area (Å²) in [6, 6.07) is 8.04. The lowest BCUT2D eigenvalue weighted by atomic mass is 10.1. The summed E-state index contributed by atoms with van der Waals surface area (Å²) >= 11 is 1.52. The molecule has 1 aromatic carbocycles. The van der Waals surface area contributed by atoms with Crippen molar-refractivity contribution in [1.82, 2.24) is 20.3 Å². The largest absolute Gasteiger partial charge is 0.444 e. The summed E-state index contributed by atoms with van der Waals surface area (Å²) in [5.74, 6) is 0.617. The fourth-order valence-corrected chi connectivity index (χ4v) is 3.53. The molecule has 2 heterocycles. The second-order valence-corrected chi connectivity index (χ2v) is 7.74. The van der Waals surface area contributed by atoms with Gasteiger partial charge in [-0.05, 0) is 51.1 Å². The van der Waals surface area contributed by atoms with E-state index in [9.17, 15) is 4.79 Å². The van der Waals surface area contributed by atoms with Crippen molar-refractivity contribution in [2.45, 2.75) is 45.2 Å². The number of thioether (sulfide) groups is 1. The van der Waals surface area contributed by atoms with Crippen LogP contribution in [0.15, 0.2) is 40.1 Å². The molecule has 0 saturated heterocycles. The van der Waals surface area contributed by atoms with Crippen molar-refractivity contribution in [3.8, 4) is 11.5 Å². The van der Waals surface area contributed by atoms with Gasteiger partial charge in [-0.25, -0.2) is 15.0 Å². The Morgan fingerprint density at radius 1 is 1.03 bits per heavy atom. The van der Waals surface area contributed by atoms with Gasteiger partial charge in [0.05, 0.1) is 5.69 Å². The molecule has 152 valence electrons. The van der Waals surface area contributed by atoms with Crippen LogP contribution in [0.25, 0.3) is 11.5 Å². The highest BCUT2D eigenvalue weighted by Gasteiger charge is 2.11. The lowest BCUT2D eigenvalue weighted by Crippen LogP contribution is -2.26. The van der Waals surface area contributed by atoms with Crippen LogP contribution in [0.1, 0.15) is 34.6 Å². The minimum atomic E-state index is 0.0139. The highest BCUT2D eigenvalue weighted by Crippen LogP contribution is 2.19. The number of carbonyl (C=O) groups is 1. The Hall–Kier alpha value is -2.67. The molecule has 0 saturated carbocycles. The van der Waals surface area contributed by atoms with Gasteiger partial charge in [0.25, 0.3) is 0 Å². The molecule has 0 bridgehead atoms. The number of aromatic nitrogens is 3. The quantitative estimate of drug-likeness (QED) is 0.445. The lowest BCUT2D eigenvalue weighted by Gasteiger charge is -2.10. The number of nitrogens with one attached hydrogen (secondary N) is 1. The molecule has 0 aliphatic carbocycles. The number of oxazole rings is 1. The van der Waals surface area contributed by atoms with Crippen LogP contribution in [0.4, 0.5) is 0 Å². The van der Waals surface area contributed by atoms with Crippen LogP contribution in [0, 0.1) is 20.8 Å². The first-order valence-corrected chi connectivity index (χ1v) is 10.8. The van der Waals surface area contributed by atoms with Gasteiger partial charge in [0.1, 0.15) is 6.26 Å². The molecule has 7 heteroatoms.